The Morgan fingerprint density at radius 2 is 0.761 bits per heavy atom. The number of methoxy groups -OCH3 is 2. The molecule has 4 aliphatic carbocycles. The average molecular weight is 1260 g/mol. The Kier molecular flexibility index (Phi) is 16.4. The van der Waals surface area contributed by atoms with Crippen molar-refractivity contribution in [2.75, 3.05) is 119 Å². The smallest absolute Gasteiger partial charge is 0.189 e. The second-order valence-corrected chi connectivity index (χ2v) is 30.0. The summed E-state index contributed by atoms with van der Waals surface area (Å²) in [6.07, 6.45) is 3.34. The van der Waals surface area contributed by atoms with E-state index in [0.29, 0.717) is 107 Å². The van der Waals surface area contributed by atoms with Crippen LogP contribution in [0.5, 0.6) is 57.5 Å². The average Bonchev–Trinajstić information content (AvgIpc) is 1.51. The fourth-order valence-electron chi connectivity index (χ4n) is 18.3. The van der Waals surface area contributed by atoms with E-state index in [4.69, 9.17) is 37.9 Å². The van der Waals surface area contributed by atoms with Gasteiger partial charge in [-0.2, -0.15) is 10.5 Å². The Morgan fingerprint density at radius 1 is 0.435 bits per heavy atom. The van der Waals surface area contributed by atoms with Gasteiger partial charge in [0.25, 0.3) is 0 Å². The lowest BCUT2D eigenvalue weighted by atomic mass is 9.70. The molecule has 4 fully saturated rings. The molecule has 92 heavy (non-hydrogen) atoms. The van der Waals surface area contributed by atoms with E-state index in [2.05, 4.69) is 99.3 Å². The molecule has 0 saturated carbocycles. The van der Waals surface area contributed by atoms with Gasteiger partial charge in [0.05, 0.1) is 67.1 Å². The van der Waals surface area contributed by atoms with Crippen LogP contribution < -0.4 is 18.9 Å². The van der Waals surface area contributed by atoms with Crippen LogP contribution in [-0.2, 0) is 77.6 Å². The molecule has 5 aliphatic heterocycles. The van der Waals surface area contributed by atoms with E-state index in [1.54, 1.807) is 26.4 Å². The molecular formula is C74H92N6O12. The summed E-state index contributed by atoms with van der Waals surface area (Å²) in [5.41, 5.74) is 13.6. The molecule has 5 heterocycles. The first-order valence-electron chi connectivity index (χ1n) is 33.0. The summed E-state index contributed by atoms with van der Waals surface area (Å²) >= 11 is 0. The van der Waals surface area contributed by atoms with Gasteiger partial charge in [-0.3, -0.25) is 19.6 Å². The van der Waals surface area contributed by atoms with Crippen molar-refractivity contribution < 1.29 is 58.3 Å². The number of nitriles is 2. The molecule has 4 N–H and O–H groups in total. The molecule has 1 atom stereocenters. The largest absolute Gasteiger partial charge is 0.504 e. The van der Waals surface area contributed by atoms with Crippen molar-refractivity contribution in [3.05, 3.63) is 113 Å². The van der Waals surface area contributed by atoms with Crippen molar-refractivity contribution in [2.45, 2.75) is 154 Å². The minimum absolute atomic E-state index is 0.0543. The third kappa shape index (κ3) is 10.3. The van der Waals surface area contributed by atoms with Gasteiger partial charge in [0.1, 0.15) is 23.3 Å². The van der Waals surface area contributed by atoms with Gasteiger partial charge in [0.2, 0.25) is 0 Å². The number of benzene rings is 5. The maximum Gasteiger partial charge on any atom is 0.189 e. The lowest BCUT2D eigenvalue weighted by Gasteiger charge is -2.37. The quantitative estimate of drug-likeness (QED) is 0.0938. The molecule has 0 bridgehead atoms. The van der Waals surface area contributed by atoms with Crippen molar-refractivity contribution in [3.8, 4) is 69.6 Å². The third-order valence-corrected chi connectivity index (χ3v) is 22.2. The number of phenolic OH excluding ortho intramolecular Hbond substituents is 4. The predicted octanol–water partition coefficient (Wildman–Crippen LogP) is 11.1. The number of nitrogens with zero attached hydrogens (tertiary/aromatic N) is 6. The first kappa shape index (κ1) is 63.9. The van der Waals surface area contributed by atoms with Crippen molar-refractivity contribution in [1.29, 1.82) is 10.5 Å². The van der Waals surface area contributed by atoms with Crippen LogP contribution in [0.15, 0.2) is 24.3 Å². The van der Waals surface area contributed by atoms with Crippen molar-refractivity contribution in [3.63, 3.8) is 0 Å². The highest BCUT2D eigenvalue weighted by Gasteiger charge is 2.62. The summed E-state index contributed by atoms with van der Waals surface area (Å²) in [5, 5.41) is 65.4. The zero-order valence-electron chi connectivity index (χ0n) is 56.0. The zero-order chi connectivity index (χ0) is 65.2. The summed E-state index contributed by atoms with van der Waals surface area (Å²) in [6.45, 7) is 36.0. The zero-order valence-corrected chi connectivity index (χ0v) is 56.0. The van der Waals surface area contributed by atoms with Gasteiger partial charge in [-0.15, -0.1) is 0 Å². The Bertz CT molecular complexity index is 3770. The van der Waals surface area contributed by atoms with Gasteiger partial charge < -0.3 is 58.3 Å². The van der Waals surface area contributed by atoms with Crippen LogP contribution in [0.1, 0.15) is 170 Å². The summed E-state index contributed by atoms with van der Waals surface area (Å²) < 4.78 is 48.9. The Morgan fingerprint density at radius 3 is 1.13 bits per heavy atom. The molecule has 18 nitrogen and oxygen atoms in total. The third-order valence-electron chi connectivity index (χ3n) is 22.2. The second-order valence-electron chi connectivity index (χ2n) is 30.0. The van der Waals surface area contributed by atoms with Gasteiger partial charge in [-0.05, 0) is 141 Å². The second kappa shape index (κ2) is 23.6. The number of hydrogen-bond acceptors (Lipinski definition) is 18. The molecule has 1 unspecified atom stereocenters. The van der Waals surface area contributed by atoms with Crippen LogP contribution in [0.2, 0.25) is 0 Å². The fraction of sp³-hybridized carbons (Fsp3) is 0.568. The summed E-state index contributed by atoms with van der Waals surface area (Å²) in [7, 11) is 3.48. The molecule has 18 heteroatoms. The molecule has 0 radical (unpaired) electrons. The maximum absolute atomic E-state index is 11.4. The molecule has 5 aromatic carbocycles. The Hall–Kier alpha value is -6.84. The molecule has 14 rings (SSSR count). The number of aromatic hydroxyl groups is 4. The highest BCUT2D eigenvalue weighted by atomic mass is 16.6. The van der Waals surface area contributed by atoms with Gasteiger partial charge in [0, 0.05) is 112 Å². The predicted molar refractivity (Wildman–Crippen MR) is 348 cm³/mol. The molecule has 5 aromatic rings. The molecule has 9 aliphatic rings. The first-order chi connectivity index (χ1) is 43.8. The minimum Gasteiger partial charge on any atom is -0.504 e. The van der Waals surface area contributed by atoms with Gasteiger partial charge in [-0.1, -0.05) is 55.4 Å². The van der Waals surface area contributed by atoms with Crippen LogP contribution >= 0.6 is 0 Å². The van der Waals surface area contributed by atoms with E-state index in [9.17, 15) is 30.9 Å². The van der Waals surface area contributed by atoms with Crippen molar-refractivity contribution in [2.24, 2.45) is 0 Å². The maximum atomic E-state index is 11.4. The van der Waals surface area contributed by atoms with Crippen LogP contribution in [0.25, 0.3) is 0 Å². The van der Waals surface area contributed by atoms with E-state index in [0.717, 1.165) is 146 Å². The summed E-state index contributed by atoms with van der Waals surface area (Å²) in [5.74, 6) is 3.13. The monoisotopic (exact) mass is 1260 g/mol. The highest BCUT2D eigenvalue weighted by molar-refractivity contribution is 5.77. The van der Waals surface area contributed by atoms with Gasteiger partial charge in [0.15, 0.2) is 57.5 Å². The molecule has 0 amide bonds. The van der Waals surface area contributed by atoms with E-state index >= 15 is 0 Å². The number of morpholine rings is 4. The van der Waals surface area contributed by atoms with Crippen LogP contribution in [0.3, 0.4) is 0 Å². The fourth-order valence-corrected chi connectivity index (χ4v) is 18.3. The summed E-state index contributed by atoms with van der Waals surface area (Å²) in [6, 6.07) is 12.6. The number of rotatable bonds is 10. The SMILES string of the molecule is CC1(C)CC2(CC(C)(C)c3cc(O)c(O)c(CN4CCOCC4)c32)c2c1cc(O)c(O)c2CN1CCOCC1.COc1cc2c(c(CN3CCOCC3)c1OC)C1(CC2(C)C)CC(C)(C)c2cc3c(c(CN4CCOCC4)c21)Oc1c(C#N)c(C)c(C)c(C#N)c1O3. The molecule has 490 valence electrons. The lowest BCUT2D eigenvalue weighted by Crippen LogP contribution is -2.38. The van der Waals surface area contributed by atoms with E-state index in [1.807, 2.05) is 13.8 Å². The number of phenols is 4. The Labute approximate surface area is 542 Å². The van der Waals surface area contributed by atoms with Crippen molar-refractivity contribution in [1.82, 2.24) is 19.6 Å². The molecular weight excluding hydrogens is 1160 g/mol. The highest BCUT2D eigenvalue weighted by Crippen LogP contribution is 2.70. The van der Waals surface area contributed by atoms with Gasteiger partial charge in [-0.25, -0.2) is 0 Å². The molecule has 2 spiro atoms. The molecule has 0 aromatic heterocycles. The van der Waals surface area contributed by atoms with Crippen molar-refractivity contribution >= 4 is 0 Å². The Balaban J connectivity index is 0.000000176. The van der Waals surface area contributed by atoms with Crippen LogP contribution in [0, 0.1) is 36.5 Å². The van der Waals surface area contributed by atoms with Crippen LogP contribution in [0.4, 0.5) is 0 Å². The standard InChI is InChI=1S/C43H50N4O6.C31H42N2O6/c1-25-26(2)28(20-45)40-39(27(25)19-44)52-34-18-32-36(30(38(34)53-40)22-47-11-15-51-16-12-47)43(24-42(32,5)6)23-41(3,4)31-17-33(48-7)37(49-8)29(35(31)43)21-46-9-13-50-14-10-46;1-29(2)17-31(25-19(15-32-5-9-38-10-6-32)27(36)23(34)13-21(25)29)18-30(3,4)22-14-24(35)28(37)20(26(22)31)16-33-7-11-39-12-8-33/h17-18H,9-16,21-24H2,1-8H3;13-14,34-37H,5-12,15-18H2,1-4H3. The van der Waals surface area contributed by atoms with Crippen LogP contribution in [-0.4, -0.2) is 159 Å². The summed E-state index contributed by atoms with van der Waals surface area (Å²) in [4.78, 5) is 9.47. The normalized spacial score (nSPS) is 23.0. The van der Waals surface area contributed by atoms with E-state index in [1.165, 1.54) is 27.8 Å². The van der Waals surface area contributed by atoms with Gasteiger partial charge >= 0.3 is 0 Å². The number of ether oxygens (including phenoxy) is 8. The topological polar surface area (TPSA) is 215 Å². The number of hydrogen-bond donors (Lipinski definition) is 4. The number of fused-ring (bicyclic) bond motifs is 10. The molecule has 4 saturated heterocycles. The van der Waals surface area contributed by atoms with E-state index < -0.39 is 10.8 Å². The first-order valence-corrected chi connectivity index (χ1v) is 33.0. The minimum atomic E-state index is -0.489. The lowest BCUT2D eigenvalue weighted by molar-refractivity contribution is 0.0333. The van der Waals surface area contributed by atoms with E-state index in [-0.39, 0.29) is 44.7 Å².